The molecule has 1 aromatic heterocycles. The van der Waals surface area contributed by atoms with Crippen LogP contribution in [-0.4, -0.2) is 39.7 Å². The van der Waals surface area contributed by atoms with Crippen molar-refractivity contribution < 1.29 is 41.7 Å². The lowest BCUT2D eigenvalue weighted by Gasteiger charge is -2.10. The molecule has 0 unspecified atom stereocenters. The van der Waals surface area contributed by atoms with Crippen LogP contribution in [0, 0.1) is 5.82 Å². The first kappa shape index (κ1) is 27.5. The van der Waals surface area contributed by atoms with Gasteiger partial charge in [0, 0.05) is 23.3 Å². The zero-order valence-corrected chi connectivity index (χ0v) is 20.5. The van der Waals surface area contributed by atoms with Gasteiger partial charge < -0.3 is 19.9 Å². The maximum absolute atomic E-state index is 14.0. The first-order valence-corrected chi connectivity index (χ1v) is 11.5. The molecule has 1 amide bonds. The number of hydrogen-bond acceptors (Lipinski definition) is 5. The van der Waals surface area contributed by atoms with Crippen molar-refractivity contribution in [3.63, 3.8) is 0 Å². The number of carboxylic acid groups (broad SMARTS) is 1. The molecule has 0 saturated heterocycles. The summed E-state index contributed by atoms with van der Waals surface area (Å²) in [5.74, 6) is -2.26. The fourth-order valence-electron chi connectivity index (χ4n) is 3.44. The van der Waals surface area contributed by atoms with E-state index in [4.69, 9.17) is 21.4 Å². The fourth-order valence-corrected chi connectivity index (χ4v) is 3.66. The molecule has 202 valence electrons. The number of rotatable bonds is 9. The van der Waals surface area contributed by atoms with E-state index >= 15 is 0 Å². The number of aliphatic carboxylic acids is 1. The van der Waals surface area contributed by atoms with Crippen LogP contribution in [0.3, 0.4) is 0 Å². The van der Waals surface area contributed by atoms with Crippen molar-refractivity contribution in [3.8, 4) is 34.2 Å². The fraction of sp³-hybridized carbons (Fsp3) is 0.115. The second-order valence-corrected chi connectivity index (χ2v) is 8.45. The molecule has 4 rings (SSSR count). The average Bonchev–Trinajstić information content (AvgIpc) is 3.27. The van der Waals surface area contributed by atoms with Crippen LogP contribution >= 0.6 is 11.6 Å². The van der Waals surface area contributed by atoms with Gasteiger partial charge in [0.05, 0.1) is 17.7 Å². The van der Waals surface area contributed by atoms with Crippen LogP contribution in [0.5, 0.6) is 17.4 Å². The summed E-state index contributed by atoms with van der Waals surface area (Å²) in [6, 6.07) is 14.6. The molecule has 1 heterocycles. The Kier molecular flexibility index (Phi) is 8.05. The van der Waals surface area contributed by atoms with Gasteiger partial charge in [0.15, 0.2) is 0 Å². The summed E-state index contributed by atoms with van der Waals surface area (Å²) in [6.07, 6.45) is -3.58. The van der Waals surface area contributed by atoms with E-state index in [2.05, 4.69) is 15.2 Å². The highest BCUT2D eigenvalue weighted by atomic mass is 35.5. The second-order valence-electron chi connectivity index (χ2n) is 8.02. The first-order valence-electron chi connectivity index (χ1n) is 11.2. The minimum atomic E-state index is -4.85. The van der Waals surface area contributed by atoms with Gasteiger partial charge in [-0.15, -0.1) is 18.3 Å². The summed E-state index contributed by atoms with van der Waals surface area (Å²) >= 11 is 5.97. The molecule has 4 aromatic rings. The zero-order chi connectivity index (χ0) is 28.2. The number of carbonyl (C=O) groups excluding carboxylic acids is 1. The van der Waals surface area contributed by atoms with Gasteiger partial charge in [-0.25, -0.2) is 9.07 Å². The Balaban J connectivity index is 1.63. The predicted molar refractivity (Wildman–Crippen MR) is 132 cm³/mol. The quantitative estimate of drug-likeness (QED) is 0.234. The zero-order valence-electron chi connectivity index (χ0n) is 19.7. The van der Waals surface area contributed by atoms with Crippen LogP contribution in [0.1, 0.15) is 16.8 Å². The number of carboxylic acids is 1. The van der Waals surface area contributed by atoms with Crippen molar-refractivity contribution in [1.29, 1.82) is 0 Å². The molecule has 0 saturated carbocycles. The lowest BCUT2D eigenvalue weighted by atomic mass is 10.1. The number of nitrogens with one attached hydrogen (secondary N) is 1. The molecule has 0 aliphatic heterocycles. The second kappa shape index (κ2) is 11.4. The summed E-state index contributed by atoms with van der Waals surface area (Å²) in [5.41, 5.74) is 1.29. The Bertz CT molecular complexity index is 1470. The first-order chi connectivity index (χ1) is 18.5. The third-order valence-electron chi connectivity index (χ3n) is 5.15. The molecule has 3 aromatic carbocycles. The topological polar surface area (TPSA) is 103 Å². The molecule has 0 fully saturated rings. The summed E-state index contributed by atoms with van der Waals surface area (Å²) in [4.78, 5) is 22.8. The van der Waals surface area contributed by atoms with Crippen molar-refractivity contribution in [2.45, 2.75) is 12.8 Å². The maximum Gasteiger partial charge on any atom is 0.573 e. The van der Waals surface area contributed by atoms with E-state index in [1.807, 2.05) is 0 Å². The van der Waals surface area contributed by atoms with Crippen molar-refractivity contribution in [2.24, 2.45) is 0 Å². The molecule has 0 aliphatic rings. The van der Waals surface area contributed by atoms with E-state index in [0.717, 1.165) is 18.2 Å². The molecular weight excluding hydrogens is 546 g/mol. The Morgan fingerprint density at radius 1 is 1.00 bits per heavy atom. The summed E-state index contributed by atoms with van der Waals surface area (Å²) < 4.78 is 62.7. The highest BCUT2D eigenvalue weighted by Gasteiger charge is 2.31. The van der Waals surface area contributed by atoms with E-state index < -0.39 is 29.8 Å². The van der Waals surface area contributed by atoms with Crippen LogP contribution in [0.15, 0.2) is 72.9 Å². The Morgan fingerprint density at radius 2 is 1.67 bits per heavy atom. The smallest absolute Gasteiger partial charge is 0.481 e. The number of ether oxygens (including phenoxy) is 2. The molecule has 39 heavy (non-hydrogen) atoms. The van der Waals surface area contributed by atoms with E-state index in [-0.39, 0.29) is 40.9 Å². The lowest BCUT2D eigenvalue weighted by Crippen LogP contribution is -2.25. The van der Waals surface area contributed by atoms with Gasteiger partial charge in [0.2, 0.25) is 5.88 Å². The van der Waals surface area contributed by atoms with E-state index in [1.165, 1.54) is 59.4 Å². The molecule has 2 N–H and O–H groups in total. The Hall–Kier alpha value is -4.58. The normalized spacial score (nSPS) is 11.2. The largest absolute Gasteiger partial charge is 0.573 e. The van der Waals surface area contributed by atoms with Crippen molar-refractivity contribution >= 4 is 23.5 Å². The third-order valence-corrected chi connectivity index (χ3v) is 5.36. The minimum absolute atomic E-state index is 0.0264. The molecule has 8 nitrogen and oxygen atoms in total. The third kappa shape index (κ3) is 7.48. The minimum Gasteiger partial charge on any atom is -0.481 e. The molecule has 13 heteroatoms. The van der Waals surface area contributed by atoms with Gasteiger partial charge >= 0.3 is 12.3 Å². The van der Waals surface area contributed by atoms with Gasteiger partial charge in [-0.3, -0.25) is 9.59 Å². The Morgan fingerprint density at radius 3 is 2.28 bits per heavy atom. The highest BCUT2D eigenvalue weighted by Crippen LogP contribution is 2.35. The van der Waals surface area contributed by atoms with Crippen LogP contribution in [0.25, 0.3) is 16.8 Å². The van der Waals surface area contributed by atoms with E-state index in [0.29, 0.717) is 11.1 Å². The lowest BCUT2D eigenvalue weighted by molar-refractivity contribution is -0.274. The van der Waals surface area contributed by atoms with Crippen molar-refractivity contribution in [3.05, 3.63) is 89.3 Å². The van der Waals surface area contributed by atoms with Crippen LogP contribution < -0.4 is 14.8 Å². The van der Waals surface area contributed by atoms with E-state index in [9.17, 15) is 27.2 Å². The average molecular weight is 564 g/mol. The monoisotopic (exact) mass is 563 g/mol. The number of carbonyl (C=O) groups is 2. The number of aromatic nitrogens is 2. The van der Waals surface area contributed by atoms with Gasteiger partial charge in [0.1, 0.15) is 17.3 Å². The maximum atomic E-state index is 14.0. The molecule has 0 bridgehead atoms. The molecule has 0 aliphatic carbocycles. The number of hydrogen-bond donors (Lipinski definition) is 2. The predicted octanol–water partition coefficient (Wildman–Crippen LogP) is 6.23. The number of halogens is 5. The number of nitrogens with zero attached hydrogens (tertiary/aromatic N) is 2. The molecule has 0 spiro atoms. The number of amides is 1. The summed E-state index contributed by atoms with van der Waals surface area (Å²) in [5, 5.41) is 15.6. The van der Waals surface area contributed by atoms with E-state index in [1.54, 1.807) is 0 Å². The molecule has 0 atom stereocenters. The molecule has 0 radical (unpaired) electrons. The standard InChI is InChI=1S/C26H18ClF4N3O5/c27-17-11-18(28)13-19(12-17)34-14-22(15-1-7-21(8-2-15)39-26(29,30)31)25(33-34)38-20-5-3-16(4-6-20)24(37)32-10-9-23(35)36/h1-8,11-14H,9-10H2,(H,32,37)(H,35,36). The SMILES string of the molecule is O=C(O)CCNC(=O)c1ccc(Oc2nn(-c3cc(F)cc(Cl)c3)cc2-c2ccc(OC(F)(F)F)cc2)cc1. The number of alkyl halides is 3. The van der Waals surface area contributed by atoms with Gasteiger partial charge in [-0.1, -0.05) is 23.7 Å². The van der Waals surface area contributed by atoms with Gasteiger partial charge in [0.25, 0.3) is 5.91 Å². The highest BCUT2D eigenvalue weighted by molar-refractivity contribution is 6.30. The van der Waals surface area contributed by atoms with Gasteiger partial charge in [-0.2, -0.15) is 0 Å². The number of benzene rings is 3. The van der Waals surface area contributed by atoms with Crippen LogP contribution in [-0.2, 0) is 4.79 Å². The Labute approximate surface area is 223 Å². The summed E-state index contributed by atoms with van der Waals surface area (Å²) in [7, 11) is 0. The molecular formula is C26H18ClF4N3O5. The van der Waals surface area contributed by atoms with Crippen molar-refractivity contribution in [1.82, 2.24) is 15.1 Å². The van der Waals surface area contributed by atoms with Crippen LogP contribution in [0.4, 0.5) is 17.6 Å². The van der Waals surface area contributed by atoms with Crippen LogP contribution in [0.2, 0.25) is 5.02 Å². The van der Waals surface area contributed by atoms with Crippen molar-refractivity contribution in [2.75, 3.05) is 6.54 Å². The van der Waals surface area contributed by atoms with Gasteiger partial charge in [-0.05, 0) is 60.2 Å². The summed E-state index contributed by atoms with van der Waals surface area (Å²) in [6.45, 7) is -0.0376.